The van der Waals surface area contributed by atoms with Crippen molar-refractivity contribution in [3.8, 4) is 0 Å². The number of benzene rings is 1. The van der Waals surface area contributed by atoms with Crippen molar-refractivity contribution in [2.45, 2.75) is 43.6 Å². The molecule has 1 aliphatic carbocycles. The second kappa shape index (κ2) is 7.03. The molecule has 1 N–H and O–H groups in total. The maximum absolute atomic E-state index is 5.63. The van der Waals surface area contributed by atoms with E-state index in [-0.39, 0.29) is 6.04 Å². The van der Waals surface area contributed by atoms with Gasteiger partial charge in [0.2, 0.25) is 5.89 Å². The van der Waals surface area contributed by atoms with E-state index in [0.29, 0.717) is 11.8 Å². The second-order valence-electron chi connectivity index (χ2n) is 7.15. The van der Waals surface area contributed by atoms with E-state index >= 15 is 0 Å². The molecule has 1 unspecified atom stereocenters. The summed E-state index contributed by atoms with van der Waals surface area (Å²) in [6, 6.07) is 11.1. The van der Waals surface area contributed by atoms with E-state index in [1.54, 1.807) is 0 Å². The largest absolute Gasteiger partial charge is 0.339 e. The predicted octanol–water partition coefficient (Wildman–Crippen LogP) is 3.09. The van der Waals surface area contributed by atoms with Crippen LogP contribution in [0.4, 0.5) is 0 Å². The minimum Gasteiger partial charge on any atom is -0.339 e. The fourth-order valence-electron chi connectivity index (χ4n) is 4.04. The van der Waals surface area contributed by atoms with Crippen LogP contribution in [0.2, 0.25) is 0 Å². The molecular weight excluding hydrogens is 300 g/mol. The molecule has 128 valence electrons. The van der Waals surface area contributed by atoms with Gasteiger partial charge >= 0.3 is 0 Å². The fourth-order valence-corrected chi connectivity index (χ4v) is 4.04. The zero-order valence-electron chi connectivity index (χ0n) is 14.3. The van der Waals surface area contributed by atoms with Gasteiger partial charge in [0, 0.05) is 25.6 Å². The van der Waals surface area contributed by atoms with Crippen molar-refractivity contribution < 1.29 is 4.52 Å². The lowest BCUT2D eigenvalue weighted by Crippen LogP contribution is -2.44. The number of piperazine rings is 1. The topological polar surface area (TPSA) is 54.2 Å². The predicted molar refractivity (Wildman–Crippen MR) is 92.9 cm³/mol. The molecule has 0 amide bonds. The first-order valence-electron chi connectivity index (χ1n) is 9.10. The minimum absolute atomic E-state index is 0.233. The van der Waals surface area contributed by atoms with E-state index in [4.69, 9.17) is 9.51 Å². The average Bonchev–Trinajstić information content (AvgIpc) is 3.13. The van der Waals surface area contributed by atoms with Gasteiger partial charge in [-0.25, -0.2) is 0 Å². The van der Waals surface area contributed by atoms with Gasteiger partial charge in [-0.3, -0.25) is 4.90 Å². The highest BCUT2D eigenvalue weighted by atomic mass is 16.5. The summed E-state index contributed by atoms with van der Waals surface area (Å²) in [5.41, 5.74) is 1.47. The Balaban J connectivity index is 1.39. The normalized spacial score (nSPS) is 28.8. The Kier molecular flexibility index (Phi) is 4.63. The van der Waals surface area contributed by atoms with Crippen molar-refractivity contribution in [3.05, 3.63) is 47.6 Å². The van der Waals surface area contributed by atoms with Gasteiger partial charge in [-0.2, -0.15) is 4.98 Å². The van der Waals surface area contributed by atoms with Gasteiger partial charge in [0.15, 0.2) is 5.82 Å². The Morgan fingerprint density at radius 3 is 2.58 bits per heavy atom. The molecule has 0 bridgehead atoms. The number of nitrogens with zero attached hydrogens (tertiary/aromatic N) is 3. The molecule has 1 aromatic heterocycles. The van der Waals surface area contributed by atoms with E-state index in [1.807, 2.05) is 0 Å². The van der Waals surface area contributed by atoms with Crippen LogP contribution in [0.15, 0.2) is 34.9 Å². The van der Waals surface area contributed by atoms with Crippen molar-refractivity contribution >= 4 is 0 Å². The summed E-state index contributed by atoms with van der Waals surface area (Å²) in [5.74, 6) is 2.78. The molecule has 0 spiro atoms. The molecule has 2 aliphatic rings. The maximum atomic E-state index is 5.63. The molecule has 1 aliphatic heterocycles. The molecule has 2 aromatic rings. The number of rotatable bonds is 3. The Labute approximate surface area is 143 Å². The van der Waals surface area contributed by atoms with Gasteiger partial charge < -0.3 is 9.84 Å². The van der Waals surface area contributed by atoms with Gasteiger partial charge in [-0.05, 0) is 44.2 Å². The molecule has 2 fully saturated rings. The Bertz CT molecular complexity index is 648. The zero-order valence-corrected chi connectivity index (χ0v) is 14.3. The smallest absolute Gasteiger partial charge is 0.229 e. The van der Waals surface area contributed by atoms with E-state index in [0.717, 1.165) is 44.2 Å². The first-order valence-corrected chi connectivity index (χ1v) is 9.10. The van der Waals surface area contributed by atoms with Gasteiger partial charge in [-0.15, -0.1) is 0 Å². The summed E-state index contributed by atoms with van der Waals surface area (Å²) in [4.78, 5) is 7.05. The van der Waals surface area contributed by atoms with Crippen molar-refractivity contribution in [2.75, 3.05) is 26.7 Å². The number of nitrogens with one attached hydrogen (secondary N) is 1. The summed E-state index contributed by atoms with van der Waals surface area (Å²) < 4.78 is 5.63. The molecule has 5 nitrogen and oxygen atoms in total. The Hall–Kier alpha value is -1.72. The average molecular weight is 326 g/mol. The fraction of sp³-hybridized carbons (Fsp3) is 0.579. The summed E-state index contributed by atoms with van der Waals surface area (Å²) in [6.07, 6.45) is 4.69. The molecule has 5 heteroatoms. The molecule has 24 heavy (non-hydrogen) atoms. The van der Waals surface area contributed by atoms with Crippen molar-refractivity contribution in [1.82, 2.24) is 20.4 Å². The van der Waals surface area contributed by atoms with Crippen LogP contribution in [0.3, 0.4) is 0 Å². The summed E-state index contributed by atoms with van der Waals surface area (Å²) >= 11 is 0. The Morgan fingerprint density at radius 2 is 1.83 bits per heavy atom. The van der Waals surface area contributed by atoms with Crippen molar-refractivity contribution in [1.29, 1.82) is 0 Å². The third-order valence-corrected chi connectivity index (χ3v) is 5.61. The molecule has 1 saturated carbocycles. The number of hydrogen-bond donors (Lipinski definition) is 1. The van der Waals surface area contributed by atoms with Crippen molar-refractivity contribution in [3.63, 3.8) is 0 Å². The van der Waals surface area contributed by atoms with Crippen LogP contribution in [0.5, 0.6) is 0 Å². The first-order chi connectivity index (χ1) is 11.8. The summed E-state index contributed by atoms with van der Waals surface area (Å²) in [6.45, 7) is 2.95. The van der Waals surface area contributed by atoms with Gasteiger partial charge in [-0.1, -0.05) is 35.5 Å². The molecule has 1 atom stereocenters. The lowest BCUT2D eigenvalue weighted by Gasteiger charge is -2.30. The SMILES string of the molecule is CN1CCNCC1c1noc(C2CCC(c3ccccc3)CC2)n1. The monoisotopic (exact) mass is 326 g/mol. The second-order valence-corrected chi connectivity index (χ2v) is 7.15. The van der Waals surface area contributed by atoms with Gasteiger partial charge in [0.1, 0.15) is 0 Å². The van der Waals surface area contributed by atoms with E-state index in [2.05, 4.69) is 52.8 Å². The summed E-state index contributed by atoms with van der Waals surface area (Å²) in [7, 11) is 2.13. The van der Waals surface area contributed by atoms with E-state index in [9.17, 15) is 0 Å². The van der Waals surface area contributed by atoms with Crippen LogP contribution >= 0.6 is 0 Å². The number of aromatic nitrogens is 2. The quantitative estimate of drug-likeness (QED) is 0.939. The van der Waals surface area contributed by atoms with Crippen LogP contribution < -0.4 is 5.32 Å². The van der Waals surface area contributed by atoms with E-state index < -0.39 is 0 Å². The summed E-state index contributed by atoms with van der Waals surface area (Å²) in [5, 5.41) is 7.69. The van der Waals surface area contributed by atoms with Gasteiger partial charge in [0.05, 0.1) is 6.04 Å². The minimum atomic E-state index is 0.233. The van der Waals surface area contributed by atoms with Crippen LogP contribution in [0.1, 0.15) is 60.8 Å². The third kappa shape index (κ3) is 3.23. The van der Waals surface area contributed by atoms with E-state index in [1.165, 1.54) is 18.4 Å². The highest BCUT2D eigenvalue weighted by Crippen LogP contribution is 2.40. The van der Waals surface area contributed by atoms with Crippen LogP contribution in [-0.4, -0.2) is 41.7 Å². The number of likely N-dealkylation sites (N-methyl/N-ethyl adjacent to an activating group) is 1. The highest BCUT2D eigenvalue weighted by Gasteiger charge is 2.30. The maximum Gasteiger partial charge on any atom is 0.229 e. The molecular formula is C19H26N4O. The highest BCUT2D eigenvalue weighted by molar-refractivity contribution is 5.20. The Morgan fingerprint density at radius 1 is 1.08 bits per heavy atom. The molecule has 4 rings (SSSR count). The first kappa shape index (κ1) is 15.8. The van der Waals surface area contributed by atoms with Crippen LogP contribution in [0, 0.1) is 0 Å². The molecule has 2 heterocycles. The molecule has 1 aromatic carbocycles. The zero-order chi connectivity index (χ0) is 16.4. The van der Waals surface area contributed by atoms with Crippen LogP contribution in [0.25, 0.3) is 0 Å². The van der Waals surface area contributed by atoms with Gasteiger partial charge in [0.25, 0.3) is 0 Å². The molecule has 1 saturated heterocycles. The number of hydrogen-bond acceptors (Lipinski definition) is 5. The lowest BCUT2D eigenvalue weighted by atomic mass is 9.78. The lowest BCUT2D eigenvalue weighted by molar-refractivity contribution is 0.190. The van der Waals surface area contributed by atoms with Crippen LogP contribution in [-0.2, 0) is 0 Å². The third-order valence-electron chi connectivity index (χ3n) is 5.61. The standard InChI is InChI=1S/C19H26N4O/c1-23-12-11-20-13-17(23)18-21-19(24-22-18)16-9-7-15(8-10-16)14-5-3-2-4-6-14/h2-6,15-17,20H,7-13H2,1H3. The molecule has 0 radical (unpaired) electrons. The van der Waals surface area contributed by atoms with Crippen molar-refractivity contribution in [2.24, 2.45) is 0 Å².